The van der Waals surface area contributed by atoms with E-state index in [9.17, 15) is 9.18 Å². The molecule has 114 valence electrons. The van der Waals surface area contributed by atoms with Crippen LogP contribution in [0.15, 0.2) is 36.5 Å². The number of carbonyl (C=O) groups excluding carboxylic acids is 1. The van der Waals surface area contributed by atoms with Crippen LogP contribution in [0.3, 0.4) is 0 Å². The van der Waals surface area contributed by atoms with Gasteiger partial charge < -0.3 is 5.32 Å². The number of anilines is 1. The molecule has 5 heteroatoms. The van der Waals surface area contributed by atoms with E-state index in [0.29, 0.717) is 5.92 Å². The summed E-state index contributed by atoms with van der Waals surface area (Å²) in [6.45, 7) is 0.867. The molecule has 0 atom stereocenters. The minimum absolute atomic E-state index is 0.0170. The minimum Gasteiger partial charge on any atom is -0.310 e. The van der Waals surface area contributed by atoms with Gasteiger partial charge in [-0.15, -0.1) is 0 Å². The molecule has 22 heavy (non-hydrogen) atoms. The average Bonchev–Trinajstić information content (AvgIpc) is 3.41. The predicted octanol–water partition coefficient (Wildman–Crippen LogP) is 3.10. The molecule has 1 N–H and O–H groups in total. The normalized spacial score (nSPS) is 19.0. The summed E-state index contributed by atoms with van der Waals surface area (Å²) in [7, 11) is 0. The third kappa shape index (κ3) is 2.40. The van der Waals surface area contributed by atoms with E-state index in [2.05, 4.69) is 10.4 Å². The van der Waals surface area contributed by atoms with Gasteiger partial charge in [-0.2, -0.15) is 5.10 Å². The van der Waals surface area contributed by atoms with Crippen molar-refractivity contribution in [1.82, 2.24) is 9.78 Å². The van der Waals surface area contributed by atoms with Crippen LogP contribution in [0.25, 0.3) is 0 Å². The molecule has 0 spiro atoms. The molecule has 0 radical (unpaired) electrons. The molecule has 0 unspecified atom stereocenters. The zero-order valence-corrected chi connectivity index (χ0v) is 12.3. The van der Waals surface area contributed by atoms with Gasteiger partial charge in [0.1, 0.15) is 11.6 Å². The van der Waals surface area contributed by atoms with Crippen LogP contribution in [0.1, 0.15) is 31.2 Å². The number of benzene rings is 1. The molecule has 0 saturated heterocycles. The highest BCUT2D eigenvalue weighted by molar-refractivity contribution is 6.00. The summed E-state index contributed by atoms with van der Waals surface area (Å²) in [6.07, 6.45) is 5.82. The molecule has 1 aromatic heterocycles. The summed E-state index contributed by atoms with van der Waals surface area (Å²) in [5.74, 6) is 1.16. The van der Waals surface area contributed by atoms with Gasteiger partial charge in [-0.05, 0) is 49.3 Å². The largest absolute Gasteiger partial charge is 0.310 e. The molecule has 1 heterocycles. The van der Waals surface area contributed by atoms with Gasteiger partial charge >= 0.3 is 0 Å². The van der Waals surface area contributed by atoms with Crippen molar-refractivity contribution in [3.63, 3.8) is 0 Å². The lowest BCUT2D eigenvalue weighted by molar-refractivity contribution is -0.118. The van der Waals surface area contributed by atoms with Crippen molar-refractivity contribution in [2.24, 2.45) is 5.92 Å². The Morgan fingerprint density at radius 3 is 2.64 bits per heavy atom. The maximum Gasteiger partial charge on any atom is 0.236 e. The van der Waals surface area contributed by atoms with E-state index in [1.54, 1.807) is 18.3 Å². The molecule has 2 aliphatic carbocycles. The minimum atomic E-state index is -0.498. The van der Waals surface area contributed by atoms with Crippen molar-refractivity contribution in [2.45, 2.75) is 37.6 Å². The van der Waals surface area contributed by atoms with Gasteiger partial charge in [-0.3, -0.25) is 4.79 Å². The van der Waals surface area contributed by atoms with E-state index >= 15 is 0 Å². The van der Waals surface area contributed by atoms with E-state index in [1.807, 2.05) is 10.7 Å². The Bertz CT molecular complexity index is 699. The lowest BCUT2D eigenvalue weighted by Gasteiger charge is -2.16. The standard InChI is InChI=1S/C17H18FN3O/c18-14-5-3-13(4-6-14)17(8-9-17)16(22)20-15-7-10-19-21(15)11-12-1-2-12/h3-7,10,12H,1-2,8-9,11H2,(H,20,22). The van der Waals surface area contributed by atoms with Gasteiger partial charge in [0.05, 0.1) is 11.6 Å². The van der Waals surface area contributed by atoms with Crippen molar-refractivity contribution < 1.29 is 9.18 Å². The average molecular weight is 299 g/mol. The summed E-state index contributed by atoms with van der Waals surface area (Å²) in [5.41, 5.74) is 0.391. The van der Waals surface area contributed by atoms with Crippen LogP contribution in [-0.2, 0) is 16.8 Å². The monoisotopic (exact) mass is 299 g/mol. The molecule has 4 rings (SSSR count). The third-order valence-electron chi connectivity index (χ3n) is 4.67. The van der Waals surface area contributed by atoms with Crippen molar-refractivity contribution in [3.8, 4) is 0 Å². The first-order valence-corrected chi connectivity index (χ1v) is 7.77. The lowest BCUT2D eigenvalue weighted by atomic mass is 9.95. The van der Waals surface area contributed by atoms with Gasteiger partial charge in [-0.1, -0.05) is 12.1 Å². The molecule has 2 aliphatic rings. The fourth-order valence-corrected chi connectivity index (χ4v) is 2.91. The fraction of sp³-hybridized carbons (Fsp3) is 0.412. The molecule has 2 aromatic rings. The fourth-order valence-electron chi connectivity index (χ4n) is 2.91. The maximum atomic E-state index is 13.1. The van der Waals surface area contributed by atoms with E-state index in [1.165, 1.54) is 25.0 Å². The highest BCUT2D eigenvalue weighted by Gasteiger charge is 2.51. The smallest absolute Gasteiger partial charge is 0.236 e. The van der Waals surface area contributed by atoms with Crippen LogP contribution in [0.2, 0.25) is 0 Å². The number of nitrogens with zero attached hydrogens (tertiary/aromatic N) is 2. The molecule has 1 aromatic carbocycles. The highest BCUT2D eigenvalue weighted by Crippen LogP contribution is 2.49. The summed E-state index contributed by atoms with van der Waals surface area (Å²) < 4.78 is 14.9. The molecular formula is C17H18FN3O. The number of rotatable bonds is 5. The number of carbonyl (C=O) groups is 1. The van der Waals surface area contributed by atoms with Crippen LogP contribution in [-0.4, -0.2) is 15.7 Å². The van der Waals surface area contributed by atoms with E-state index in [-0.39, 0.29) is 11.7 Å². The van der Waals surface area contributed by atoms with Crippen molar-refractivity contribution >= 4 is 11.7 Å². The van der Waals surface area contributed by atoms with E-state index in [0.717, 1.165) is 30.8 Å². The first kappa shape index (κ1) is 13.5. The second-order valence-electron chi connectivity index (χ2n) is 6.39. The molecule has 0 aliphatic heterocycles. The van der Waals surface area contributed by atoms with Crippen LogP contribution >= 0.6 is 0 Å². The number of amides is 1. The lowest BCUT2D eigenvalue weighted by Crippen LogP contribution is -2.29. The molecule has 1 amide bonds. The maximum absolute atomic E-state index is 13.1. The Morgan fingerprint density at radius 1 is 1.27 bits per heavy atom. The summed E-state index contributed by atoms with van der Waals surface area (Å²) in [4.78, 5) is 12.7. The molecular weight excluding hydrogens is 281 g/mol. The molecule has 4 nitrogen and oxygen atoms in total. The van der Waals surface area contributed by atoms with Crippen LogP contribution in [0, 0.1) is 11.7 Å². The summed E-state index contributed by atoms with van der Waals surface area (Å²) in [5, 5.41) is 7.30. The molecule has 2 fully saturated rings. The third-order valence-corrected chi connectivity index (χ3v) is 4.67. The topological polar surface area (TPSA) is 46.9 Å². The first-order chi connectivity index (χ1) is 10.7. The molecule has 0 bridgehead atoms. The first-order valence-electron chi connectivity index (χ1n) is 7.77. The van der Waals surface area contributed by atoms with Crippen molar-refractivity contribution in [3.05, 3.63) is 47.9 Å². The Balaban J connectivity index is 1.52. The second kappa shape index (κ2) is 4.93. The van der Waals surface area contributed by atoms with Gasteiger partial charge in [0.25, 0.3) is 0 Å². The highest BCUT2D eigenvalue weighted by atomic mass is 19.1. The van der Waals surface area contributed by atoms with Crippen LogP contribution < -0.4 is 5.32 Å². The number of hydrogen-bond acceptors (Lipinski definition) is 2. The van der Waals surface area contributed by atoms with Gasteiger partial charge in [0.15, 0.2) is 0 Å². The Hall–Kier alpha value is -2.17. The number of aromatic nitrogens is 2. The van der Waals surface area contributed by atoms with Crippen molar-refractivity contribution in [2.75, 3.05) is 5.32 Å². The summed E-state index contributed by atoms with van der Waals surface area (Å²) in [6, 6.07) is 8.09. The number of halogens is 1. The number of hydrogen-bond donors (Lipinski definition) is 1. The van der Waals surface area contributed by atoms with Gasteiger partial charge in [-0.25, -0.2) is 9.07 Å². The Kier molecular flexibility index (Phi) is 3.03. The van der Waals surface area contributed by atoms with Gasteiger partial charge in [0, 0.05) is 12.6 Å². The quantitative estimate of drug-likeness (QED) is 0.922. The van der Waals surface area contributed by atoms with Gasteiger partial charge in [0.2, 0.25) is 5.91 Å². The number of nitrogens with one attached hydrogen (secondary N) is 1. The predicted molar refractivity (Wildman–Crippen MR) is 80.9 cm³/mol. The zero-order chi connectivity index (χ0) is 15.2. The van der Waals surface area contributed by atoms with Crippen LogP contribution in [0.4, 0.5) is 10.2 Å². The van der Waals surface area contributed by atoms with E-state index in [4.69, 9.17) is 0 Å². The summed E-state index contributed by atoms with van der Waals surface area (Å²) >= 11 is 0. The van der Waals surface area contributed by atoms with Crippen molar-refractivity contribution in [1.29, 1.82) is 0 Å². The molecule has 2 saturated carbocycles. The zero-order valence-electron chi connectivity index (χ0n) is 12.3. The second-order valence-corrected chi connectivity index (χ2v) is 6.39. The van der Waals surface area contributed by atoms with Crippen LogP contribution in [0.5, 0.6) is 0 Å². The SMILES string of the molecule is O=C(Nc1ccnn1CC1CC1)C1(c2ccc(F)cc2)CC1. The Morgan fingerprint density at radius 2 is 2.00 bits per heavy atom. The van der Waals surface area contributed by atoms with E-state index < -0.39 is 5.41 Å². The Labute approximate surface area is 128 Å².